The highest BCUT2D eigenvalue weighted by atomic mass is 15.1. The van der Waals surface area contributed by atoms with Crippen LogP contribution in [0.5, 0.6) is 0 Å². The van der Waals surface area contributed by atoms with Crippen LogP contribution in [0.25, 0.3) is 0 Å². The molecular formula is C15H28N4. The normalized spacial score (nSPS) is 11.7. The minimum absolute atomic E-state index is 0.0418. The Kier molecular flexibility index (Phi) is 5.58. The predicted octanol–water partition coefficient (Wildman–Crippen LogP) is 3.66. The molecule has 1 heterocycles. The summed E-state index contributed by atoms with van der Waals surface area (Å²) in [7, 11) is 0. The molecule has 0 atom stereocenters. The number of hydrogen-bond donors (Lipinski definition) is 2. The lowest BCUT2D eigenvalue weighted by Crippen LogP contribution is -2.19. The van der Waals surface area contributed by atoms with Gasteiger partial charge in [0.25, 0.3) is 0 Å². The molecule has 0 amide bonds. The van der Waals surface area contributed by atoms with Crippen molar-refractivity contribution in [3.63, 3.8) is 0 Å². The summed E-state index contributed by atoms with van der Waals surface area (Å²) in [5, 5.41) is 6.66. The van der Waals surface area contributed by atoms with Crippen LogP contribution in [0, 0.1) is 5.92 Å². The van der Waals surface area contributed by atoms with Gasteiger partial charge in [0.2, 0.25) is 0 Å². The second kappa shape index (κ2) is 6.73. The highest BCUT2D eigenvalue weighted by Gasteiger charge is 2.19. The Labute approximate surface area is 117 Å². The average molecular weight is 264 g/mol. The van der Waals surface area contributed by atoms with Gasteiger partial charge in [0.05, 0.1) is 0 Å². The molecule has 2 N–H and O–H groups in total. The molecule has 19 heavy (non-hydrogen) atoms. The molecule has 108 valence electrons. The monoisotopic (exact) mass is 264 g/mol. The lowest BCUT2D eigenvalue weighted by Gasteiger charge is -2.19. The first-order valence-corrected chi connectivity index (χ1v) is 7.20. The zero-order valence-electron chi connectivity index (χ0n) is 13.2. The summed E-state index contributed by atoms with van der Waals surface area (Å²) in [6, 6.07) is 1.99. The van der Waals surface area contributed by atoms with Crippen molar-refractivity contribution in [3.05, 3.63) is 11.9 Å². The molecule has 0 unspecified atom stereocenters. The fourth-order valence-corrected chi connectivity index (χ4v) is 1.63. The van der Waals surface area contributed by atoms with E-state index in [9.17, 15) is 0 Å². The van der Waals surface area contributed by atoms with Crippen LogP contribution < -0.4 is 10.6 Å². The summed E-state index contributed by atoms with van der Waals surface area (Å²) in [6.07, 6.45) is 1.14. The van der Waals surface area contributed by atoms with Gasteiger partial charge in [-0.1, -0.05) is 34.6 Å². The topological polar surface area (TPSA) is 49.8 Å². The van der Waals surface area contributed by atoms with Crippen molar-refractivity contribution in [1.29, 1.82) is 0 Å². The maximum Gasteiger partial charge on any atom is 0.138 e. The lowest BCUT2D eigenvalue weighted by atomic mass is 9.96. The van der Waals surface area contributed by atoms with E-state index in [-0.39, 0.29) is 5.41 Å². The molecule has 0 aliphatic carbocycles. The molecular weight excluding hydrogens is 236 g/mol. The summed E-state index contributed by atoms with van der Waals surface area (Å²) in [5.41, 5.74) is -0.0418. The second-order valence-corrected chi connectivity index (χ2v) is 6.35. The third-order valence-corrected chi connectivity index (χ3v) is 2.78. The van der Waals surface area contributed by atoms with Gasteiger partial charge in [0.1, 0.15) is 17.5 Å². The number of aromatic nitrogens is 2. The maximum absolute atomic E-state index is 4.62. The Bertz CT molecular complexity index is 394. The van der Waals surface area contributed by atoms with Crippen molar-refractivity contribution in [1.82, 2.24) is 9.97 Å². The maximum atomic E-state index is 4.62. The highest BCUT2D eigenvalue weighted by molar-refractivity contribution is 5.48. The van der Waals surface area contributed by atoms with Crippen LogP contribution in [0.15, 0.2) is 6.07 Å². The summed E-state index contributed by atoms with van der Waals surface area (Å²) in [4.78, 5) is 9.20. The van der Waals surface area contributed by atoms with Crippen LogP contribution >= 0.6 is 0 Å². The molecule has 0 saturated heterocycles. The van der Waals surface area contributed by atoms with Crippen LogP contribution in [-0.2, 0) is 5.41 Å². The van der Waals surface area contributed by atoms with Gasteiger partial charge in [-0.15, -0.1) is 0 Å². The van der Waals surface area contributed by atoms with Gasteiger partial charge in [-0.25, -0.2) is 9.97 Å². The van der Waals surface area contributed by atoms with Crippen molar-refractivity contribution < 1.29 is 0 Å². The van der Waals surface area contributed by atoms with E-state index in [1.807, 2.05) is 6.07 Å². The SMILES string of the molecule is CCNc1cc(NCCC(C)C)nc(C(C)(C)C)n1. The van der Waals surface area contributed by atoms with Crippen LogP contribution in [0.1, 0.15) is 53.8 Å². The van der Waals surface area contributed by atoms with Crippen LogP contribution in [0.2, 0.25) is 0 Å². The number of nitrogens with zero attached hydrogens (tertiary/aromatic N) is 2. The summed E-state index contributed by atoms with van der Waals surface area (Å²) >= 11 is 0. The predicted molar refractivity (Wildman–Crippen MR) is 82.8 cm³/mol. The smallest absolute Gasteiger partial charge is 0.138 e. The third-order valence-electron chi connectivity index (χ3n) is 2.78. The minimum atomic E-state index is -0.0418. The number of nitrogens with one attached hydrogen (secondary N) is 2. The molecule has 0 radical (unpaired) electrons. The molecule has 4 nitrogen and oxygen atoms in total. The zero-order chi connectivity index (χ0) is 14.5. The fraction of sp³-hybridized carbons (Fsp3) is 0.733. The van der Waals surface area contributed by atoms with Gasteiger partial charge in [0, 0.05) is 24.6 Å². The van der Waals surface area contributed by atoms with E-state index in [1.54, 1.807) is 0 Å². The summed E-state index contributed by atoms with van der Waals surface area (Å²) < 4.78 is 0. The van der Waals surface area contributed by atoms with Gasteiger partial charge < -0.3 is 10.6 Å². The average Bonchev–Trinajstić information content (AvgIpc) is 2.27. The molecule has 1 aromatic heterocycles. The second-order valence-electron chi connectivity index (χ2n) is 6.35. The molecule has 1 rings (SSSR count). The summed E-state index contributed by atoms with van der Waals surface area (Å²) in [6.45, 7) is 14.8. The van der Waals surface area contributed by atoms with Crippen LogP contribution in [-0.4, -0.2) is 23.1 Å². The first kappa shape index (κ1) is 15.7. The van der Waals surface area contributed by atoms with Crippen LogP contribution in [0.3, 0.4) is 0 Å². The largest absolute Gasteiger partial charge is 0.370 e. The Morgan fingerprint density at radius 3 is 2.16 bits per heavy atom. The third kappa shape index (κ3) is 5.45. The Morgan fingerprint density at radius 1 is 1.11 bits per heavy atom. The number of hydrogen-bond acceptors (Lipinski definition) is 4. The van der Waals surface area contributed by atoms with Gasteiger partial charge in [-0.3, -0.25) is 0 Å². The molecule has 0 bridgehead atoms. The molecule has 0 fully saturated rings. The Balaban J connectivity index is 2.87. The molecule has 0 spiro atoms. The quantitative estimate of drug-likeness (QED) is 0.823. The van der Waals surface area contributed by atoms with Crippen molar-refractivity contribution >= 4 is 11.6 Å². The van der Waals surface area contributed by atoms with Crippen molar-refractivity contribution in [2.24, 2.45) is 5.92 Å². The van der Waals surface area contributed by atoms with Crippen LogP contribution in [0.4, 0.5) is 11.6 Å². The van der Waals surface area contributed by atoms with Gasteiger partial charge >= 0.3 is 0 Å². The highest BCUT2D eigenvalue weighted by Crippen LogP contribution is 2.22. The van der Waals surface area contributed by atoms with E-state index in [4.69, 9.17) is 0 Å². The van der Waals surface area contributed by atoms with E-state index < -0.39 is 0 Å². The zero-order valence-corrected chi connectivity index (χ0v) is 13.2. The first-order valence-electron chi connectivity index (χ1n) is 7.20. The van der Waals surface area contributed by atoms with Crippen molar-refractivity contribution in [3.8, 4) is 0 Å². The molecule has 4 heteroatoms. The fourth-order valence-electron chi connectivity index (χ4n) is 1.63. The molecule has 0 saturated carbocycles. The first-order chi connectivity index (χ1) is 8.82. The standard InChI is InChI=1S/C15H28N4/c1-7-16-12-10-13(17-9-8-11(2)3)19-14(18-12)15(4,5)6/h10-11H,7-9H2,1-6H3,(H2,16,17,18,19). The van der Waals surface area contributed by atoms with E-state index in [2.05, 4.69) is 62.1 Å². The molecule has 1 aromatic rings. The van der Waals surface area contributed by atoms with E-state index in [0.717, 1.165) is 37.0 Å². The van der Waals surface area contributed by atoms with Gasteiger partial charge in [0.15, 0.2) is 0 Å². The summed E-state index contributed by atoms with van der Waals surface area (Å²) in [5.74, 6) is 3.38. The van der Waals surface area contributed by atoms with E-state index in [1.165, 1.54) is 0 Å². The van der Waals surface area contributed by atoms with E-state index in [0.29, 0.717) is 5.92 Å². The minimum Gasteiger partial charge on any atom is -0.370 e. The Morgan fingerprint density at radius 2 is 1.68 bits per heavy atom. The number of rotatable bonds is 6. The Hall–Kier alpha value is -1.32. The molecule has 0 aliphatic heterocycles. The molecule has 0 aliphatic rings. The lowest BCUT2D eigenvalue weighted by molar-refractivity contribution is 0.546. The van der Waals surface area contributed by atoms with Crippen molar-refractivity contribution in [2.45, 2.75) is 53.4 Å². The molecule has 0 aromatic carbocycles. The number of anilines is 2. The van der Waals surface area contributed by atoms with E-state index >= 15 is 0 Å². The van der Waals surface area contributed by atoms with Gasteiger partial charge in [-0.05, 0) is 19.3 Å². The van der Waals surface area contributed by atoms with Gasteiger partial charge in [-0.2, -0.15) is 0 Å². The van der Waals surface area contributed by atoms with Crippen molar-refractivity contribution in [2.75, 3.05) is 23.7 Å².